The third-order valence-electron chi connectivity index (χ3n) is 9.36. The topological polar surface area (TPSA) is 131 Å². The van der Waals surface area contributed by atoms with Crippen molar-refractivity contribution in [2.24, 2.45) is 0 Å². The predicted octanol–water partition coefficient (Wildman–Crippen LogP) is 6.66. The second-order valence-corrected chi connectivity index (χ2v) is 15.6. The number of carbonyl (C=O) groups excluding carboxylic acids is 1. The maximum atomic E-state index is 15.1. The number of nitrogens with zero attached hydrogens (tertiary/aromatic N) is 6. The summed E-state index contributed by atoms with van der Waals surface area (Å²) in [6.07, 6.45) is 7.03. The number of nitrogens with one attached hydrogen (secondary N) is 1. The molecule has 2 aliphatic rings. The van der Waals surface area contributed by atoms with Gasteiger partial charge in [-0.15, -0.1) is 0 Å². The van der Waals surface area contributed by atoms with Gasteiger partial charge < -0.3 is 14.5 Å². The summed E-state index contributed by atoms with van der Waals surface area (Å²) in [5.74, 6) is 0.226. The van der Waals surface area contributed by atoms with E-state index in [0.717, 1.165) is 48.3 Å². The van der Waals surface area contributed by atoms with E-state index in [1.807, 2.05) is 32.0 Å². The molecule has 1 amide bonds. The van der Waals surface area contributed by atoms with Crippen LogP contribution in [0.2, 0.25) is 0 Å². The first kappa shape index (κ1) is 35.2. The van der Waals surface area contributed by atoms with Gasteiger partial charge in [0.05, 0.1) is 41.3 Å². The van der Waals surface area contributed by atoms with Crippen LogP contribution in [0.4, 0.5) is 16.2 Å². The molecule has 2 aromatic heterocycles. The summed E-state index contributed by atoms with van der Waals surface area (Å²) < 4.78 is 51.3. The molecule has 0 spiro atoms. The fourth-order valence-corrected chi connectivity index (χ4v) is 7.63. The normalized spacial score (nSPS) is 19.4. The summed E-state index contributed by atoms with van der Waals surface area (Å²) in [5.41, 5.74) is 2.35. The highest BCUT2D eigenvalue weighted by Crippen LogP contribution is 2.31. The zero-order chi connectivity index (χ0) is 35.6. The Bertz CT molecular complexity index is 1960. The fourth-order valence-electron chi connectivity index (χ4n) is 6.64. The molecule has 0 aliphatic carbocycles. The minimum atomic E-state index is -4.22. The third-order valence-corrected chi connectivity index (χ3v) is 10.7. The summed E-state index contributed by atoms with van der Waals surface area (Å²) in [5, 5.41) is 0. The highest BCUT2D eigenvalue weighted by Gasteiger charge is 2.31. The van der Waals surface area contributed by atoms with Crippen molar-refractivity contribution < 1.29 is 22.3 Å². The van der Waals surface area contributed by atoms with E-state index >= 15 is 4.39 Å². The maximum Gasteiger partial charge on any atom is 0.264 e. The molecule has 2 aliphatic heterocycles. The van der Waals surface area contributed by atoms with Gasteiger partial charge in [0.25, 0.3) is 15.9 Å². The lowest BCUT2D eigenvalue weighted by Crippen LogP contribution is -2.44. The van der Waals surface area contributed by atoms with Crippen LogP contribution in [0.1, 0.15) is 80.1 Å². The number of carbonyl (C=O) groups is 1. The first-order chi connectivity index (χ1) is 23.8. The lowest BCUT2D eigenvalue weighted by atomic mass is 9.99. The summed E-state index contributed by atoms with van der Waals surface area (Å²) >= 11 is 0. The SMILES string of the molecule is Cc1cccc(C)c1-c1cc2nc(n1)NS(=O)(=O)c1cccc(c1)C(=O)N(Cc1cncc(N3CCCC[C@H]3C)n1)[C@@H](CCC(C)(C)F)CO2. The van der Waals surface area contributed by atoms with Crippen LogP contribution in [0, 0.1) is 13.8 Å². The zero-order valence-electron chi connectivity index (χ0n) is 29.2. The first-order valence-electron chi connectivity index (χ1n) is 17.1. The van der Waals surface area contributed by atoms with E-state index in [1.54, 1.807) is 29.4 Å². The van der Waals surface area contributed by atoms with E-state index in [1.165, 1.54) is 32.0 Å². The molecule has 1 saturated heterocycles. The van der Waals surface area contributed by atoms with Crippen molar-refractivity contribution in [3.63, 3.8) is 0 Å². The molecule has 50 heavy (non-hydrogen) atoms. The number of aryl methyl sites for hydroxylation is 2. The Balaban J connectivity index is 1.46. The Labute approximate surface area is 293 Å². The second kappa shape index (κ2) is 14.3. The zero-order valence-corrected chi connectivity index (χ0v) is 30.0. The number of piperidine rings is 1. The Morgan fingerprint density at radius 1 is 1.02 bits per heavy atom. The van der Waals surface area contributed by atoms with Crippen molar-refractivity contribution >= 4 is 27.7 Å². The van der Waals surface area contributed by atoms with Crippen LogP contribution in [0.15, 0.2) is 65.8 Å². The number of sulfonamides is 1. The number of rotatable bonds is 7. The number of halogens is 1. The van der Waals surface area contributed by atoms with E-state index in [9.17, 15) is 13.2 Å². The number of hydrogen-bond donors (Lipinski definition) is 1. The van der Waals surface area contributed by atoms with Crippen LogP contribution in [0.3, 0.4) is 0 Å². The number of benzene rings is 2. The first-order valence-corrected chi connectivity index (χ1v) is 18.5. The molecule has 4 heterocycles. The number of aromatic nitrogens is 4. The molecule has 0 radical (unpaired) electrons. The summed E-state index contributed by atoms with van der Waals surface area (Å²) in [6.45, 7) is 9.93. The van der Waals surface area contributed by atoms with Crippen molar-refractivity contribution in [2.75, 3.05) is 22.8 Å². The monoisotopic (exact) mass is 701 g/mol. The van der Waals surface area contributed by atoms with E-state index in [0.29, 0.717) is 17.4 Å². The van der Waals surface area contributed by atoms with Gasteiger partial charge in [-0.3, -0.25) is 9.78 Å². The van der Waals surface area contributed by atoms with Crippen LogP contribution >= 0.6 is 0 Å². The molecule has 13 heteroatoms. The summed E-state index contributed by atoms with van der Waals surface area (Å²) in [4.78, 5) is 36.6. The smallest absolute Gasteiger partial charge is 0.264 e. The van der Waals surface area contributed by atoms with Gasteiger partial charge in [0.1, 0.15) is 18.1 Å². The molecule has 0 saturated carbocycles. The second-order valence-electron chi connectivity index (χ2n) is 13.9. The van der Waals surface area contributed by atoms with E-state index in [2.05, 4.69) is 31.5 Å². The van der Waals surface area contributed by atoms with E-state index in [-0.39, 0.29) is 48.3 Å². The Hall–Kier alpha value is -4.65. The molecule has 4 bridgehead atoms. The van der Waals surface area contributed by atoms with Gasteiger partial charge in [-0.25, -0.2) is 27.5 Å². The number of alkyl halides is 1. The van der Waals surface area contributed by atoms with Crippen molar-refractivity contribution in [3.8, 4) is 17.1 Å². The van der Waals surface area contributed by atoms with Gasteiger partial charge >= 0.3 is 0 Å². The van der Waals surface area contributed by atoms with Crippen LogP contribution in [-0.4, -0.2) is 70.1 Å². The Morgan fingerprint density at radius 2 is 1.78 bits per heavy atom. The lowest BCUT2D eigenvalue weighted by Gasteiger charge is -2.35. The highest BCUT2D eigenvalue weighted by atomic mass is 32.2. The molecule has 1 fully saturated rings. The minimum Gasteiger partial charge on any atom is -0.475 e. The molecule has 2 aromatic carbocycles. The molecule has 0 unspecified atom stereocenters. The molecule has 2 atom stereocenters. The third kappa shape index (κ3) is 8.04. The summed E-state index contributed by atoms with van der Waals surface area (Å²) in [7, 11) is -4.22. The predicted molar refractivity (Wildman–Crippen MR) is 190 cm³/mol. The van der Waals surface area contributed by atoms with Crippen molar-refractivity contribution in [2.45, 2.75) is 95.9 Å². The van der Waals surface area contributed by atoms with Crippen LogP contribution in [-0.2, 0) is 16.6 Å². The molecule has 11 nitrogen and oxygen atoms in total. The molecular formula is C37H44FN7O4S. The van der Waals surface area contributed by atoms with Gasteiger partial charge in [0.15, 0.2) is 0 Å². The number of ether oxygens (including phenoxy) is 1. The Kier molecular flexibility index (Phi) is 10.1. The number of hydrogen-bond acceptors (Lipinski definition) is 9. The van der Waals surface area contributed by atoms with Gasteiger partial charge in [0, 0.05) is 29.8 Å². The molecule has 1 N–H and O–H groups in total. The highest BCUT2D eigenvalue weighted by molar-refractivity contribution is 7.92. The van der Waals surface area contributed by atoms with Gasteiger partial charge in [-0.05, 0) is 96.0 Å². The average molecular weight is 702 g/mol. The largest absolute Gasteiger partial charge is 0.475 e. The van der Waals surface area contributed by atoms with E-state index in [4.69, 9.17) is 9.72 Å². The average Bonchev–Trinajstić information content (AvgIpc) is 3.07. The maximum absolute atomic E-state index is 15.1. The van der Waals surface area contributed by atoms with E-state index < -0.39 is 27.6 Å². The number of fused-ring (bicyclic) bond motifs is 4. The van der Waals surface area contributed by atoms with Crippen molar-refractivity contribution in [1.82, 2.24) is 24.8 Å². The van der Waals surface area contributed by atoms with Crippen LogP contribution in [0.25, 0.3) is 11.3 Å². The van der Waals surface area contributed by atoms with Gasteiger partial charge in [-0.1, -0.05) is 24.3 Å². The van der Waals surface area contributed by atoms with Crippen molar-refractivity contribution in [1.29, 1.82) is 0 Å². The van der Waals surface area contributed by atoms with Gasteiger partial charge in [0.2, 0.25) is 11.8 Å². The van der Waals surface area contributed by atoms with Crippen LogP contribution < -0.4 is 14.4 Å². The quantitative estimate of drug-likeness (QED) is 0.225. The molecule has 264 valence electrons. The lowest BCUT2D eigenvalue weighted by molar-refractivity contribution is 0.0531. The minimum absolute atomic E-state index is 0.0422. The number of anilines is 2. The molecular weight excluding hydrogens is 658 g/mol. The standard InChI is InChI=1S/C37H44FN7O4S/c1-24-10-8-11-25(2)34(24)31-19-33-42-36(41-31)43-50(47,48)30-14-9-13-27(18-30)35(46)45(29(23-49-33)15-16-37(4,5)38)22-28-20-39-21-32(40-28)44-17-7-6-12-26(44)3/h8-11,13-14,18-21,26,29H,6-7,12,15-17,22-23H2,1-5H3,(H,41,42,43)/t26-,29+/m1/s1. The van der Waals surface area contributed by atoms with Gasteiger partial charge in [-0.2, -0.15) is 4.98 Å². The fraction of sp³-hybridized carbons (Fsp3) is 0.432. The molecule has 4 aromatic rings. The summed E-state index contributed by atoms with van der Waals surface area (Å²) in [6, 6.07) is 13.0. The molecule has 6 rings (SSSR count). The van der Waals surface area contributed by atoms with Crippen molar-refractivity contribution in [3.05, 3.63) is 83.3 Å². The van der Waals surface area contributed by atoms with Crippen LogP contribution in [0.5, 0.6) is 5.88 Å². The number of amides is 1. The Morgan fingerprint density at radius 3 is 2.52 bits per heavy atom.